The van der Waals surface area contributed by atoms with Gasteiger partial charge in [-0.25, -0.2) is 8.78 Å². The van der Waals surface area contributed by atoms with Gasteiger partial charge in [-0.15, -0.1) is 0 Å². The lowest BCUT2D eigenvalue weighted by Crippen LogP contribution is -2.22. The molecule has 0 fully saturated rings. The van der Waals surface area contributed by atoms with Crippen LogP contribution in [0.3, 0.4) is 0 Å². The molecule has 0 spiro atoms. The monoisotopic (exact) mass is 432 g/mol. The highest BCUT2D eigenvalue weighted by Gasteiger charge is 2.19. The van der Waals surface area contributed by atoms with E-state index in [1.54, 1.807) is 18.2 Å². The Labute approximate surface area is 171 Å². The molecule has 0 aliphatic carbocycles. The van der Waals surface area contributed by atoms with Crippen molar-refractivity contribution in [3.8, 4) is 5.75 Å². The maximum atomic E-state index is 14.4. The van der Waals surface area contributed by atoms with Crippen molar-refractivity contribution in [2.24, 2.45) is 4.99 Å². The third-order valence-electron chi connectivity index (χ3n) is 4.35. The standard InChI is InChI=1S/C20H14F2N2O5S/c1-27-13-5-3-4-10-6-14(29-18(10)13)19(26)23-20-24(9-16(25)28-2)17-12(22)7-11(21)8-15(17)30-20/h3-8H,9H2,1-2H3. The minimum atomic E-state index is -0.882. The Morgan fingerprint density at radius 3 is 2.73 bits per heavy atom. The number of thiazole rings is 1. The van der Waals surface area contributed by atoms with E-state index in [4.69, 9.17) is 9.15 Å². The average molecular weight is 432 g/mol. The highest BCUT2D eigenvalue weighted by molar-refractivity contribution is 7.16. The number of methoxy groups -OCH3 is 2. The Morgan fingerprint density at radius 1 is 1.20 bits per heavy atom. The van der Waals surface area contributed by atoms with E-state index in [-0.39, 0.29) is 20.8 Å². The van der Waals surface area contributed by atoms with E-state index in [0.29, 0.717) is 22.8 Å². The van der Waals surface area contributed by atoms with Gasteiger partial charge in [-0.3, -0.25) is 9.59 Å². The van der Waals surface area contributed by atoms with Gasteiger partial charge in [-0.1, -0.05) is 23.5 Å². The lowest BCUT2D eigenvalue weighted by atomic mass is 10.2. The number of nitrogens with zero attached hydrogens (tertiary/aromatic N) is 2. The Hall–Kier alpha value is -3.53. The Balaban J connectivity index is 1.87. The second-order valence-electron chi connectivity index (χ2n) is 6.19. The summed E-state index contributed by atoms with van der Waals surface area (Å²) in [6.45, 7) is -0.404. The number of rotatable bonds is 4. The third-order valence-corrected chi connectivity index (χ3v) is 5.37. The number of para-hydroxylation sites is 1. The Bertz CT molecular complexity index is 1370. The number of aromatic nitrogens is 1. The van der Waals surface area contributed by atoms with Crippen LogP contribution in [0.15, 0.2) is 45.8 Å². The predicted octanol–water partition coefficient (Wildman–Crippen LogP) is 3.65. The first-order chi connectivity index (χ1) is 14.4. The predicted molar refractivity (Wildman–Crippen MR) is 104 cm³/mol. The number of amides is 1. The van der Waals surface area contributed by atoms with Gasteiger partial charge in [-0.05, 0) is 18.2 Å². The molecule has 0 bridgehead atoms. The number of carbonyl (C=O) groups excluding carboxylic acids is 2. The molecule has 0 radical (unpaired) electrons. The molecule has 0 saturated carbocycles. The van der Waals surface area contributed by atoms with Crippen LogP contribution in [-0.2, 0) is 16.1 Å². The number of benzene rings is 2. The van der Waals surface area contributed by atoms with Crippen molar-refractivity contribution < 1.29 is 32.3 Å². The molecule has 0 atom stereocenters. The lowest BCUT2D eigenvalue weighted by Gasteiger charge is -2.04. The minimum absolute atomic E-state index is 0.00248. The SMILES string of the molecule is COC(=O)Cn1c(=NC(=O)c2cc3cccc(OC)c3o2)sc2cc(F)cc(F)c21. The van der Waals surface area contributed by atoms with E-state index in [0.717, 1.165) is 17.4 Å². The van der Waals surface area contributed by atoms with Gasteiger partial charge >= 0.3 is 11.9 Å². The van der Waals surface area contributed by atoms with Crippen LogP contribution in [0, 0.1) is 11.6 Å². The van der Waals surface area contributed by atoms with Crippen molar-refractivity contribution >= 4 is 44.4 Å². The van der Waals surface area contributed by atoms with Crippen LogP contribution < -0.4 is 9.54 Å². The van der Waals surface area contributed by atoms with Crippen molar-refractivity contribution in [1.29, 1.82) is 0 Å². The van der Waals surface area contributed by atoms with Crippen molar-refractivity contribution in [2.45, 2.75) is 6.54 Å². The van der Waals surface area contributed by atoms with Gasteiger partial charge in [0.25, 0.3) is 0 Å². The molecular formula is C20H14F2N2O5S. The summed E-state index contributed by atoms with van der Waals surface area (Å²) >= 11 is 0.864. The first-order valence-corrected chi connectivity index (χ1v) is 9.43. The van der Waals surface area contributed by atoms with Crippen LogP contribution in [0.5, 0.6) is 5.75 Å². The summed E-state index contributed by atoms with van der Waals surface area (Å²) in [7, 11) is 2.65. The molecule has 2 aromatic heterocycles. The lowest BCUT2D eigenvalue weighted by molar-refractivity contribution is -0.141. The first-order valence-electron chi connectivity index (χ1n) is 8.62. The maximum absolute atomic E-state index is 14.4. The molecule has 0 aliphatic rings. The molecule has 0 aliphatic heterocycles. The summed E-state index contributed by atoms with van der Waals surface area (Å²) in [5.41, 5.74) is 0.329. The molecule has 0 unspecified atom stereocenters. The number of halogens is 2. The van der Waals surface area contributed by atoms with Crippen molar-refractivity contribution in [2.75, 3.05) is 14.2 Å². The molecule has 0 N–H and O–H groups in total. The third kappa shape index (κ3) is 3.45. The summed E-state index contributed by atoms with van der Waals surface area (Å²) in [6, 6.07) is 8.47. The minimum Gasteiger partial charge on any atom is -0.493 e. The average Bonchev–Trinajstić information content (AvgIpc) is 3.29. The van der Waals surface area contributed by atoms with E-state index in [9.17, 15) is 18.4 Å². The topological polar surface area (TPSA) is 83.0 Å². The van der Waals surface area contributed by atoms with Crippen LogP contribution in [-0.4, -0.2) is 30.7 Å². The van der Waals surface area contributed by atoms with E-state index in [2.05, 4.69) is 9.73 Å². The number of ether oxygens (including phenoxy) is 2. The van der Waals surface area contributed by atoms with Crippen molar-refractivity contribution in [3.63, 3.8) is 0 Å². The van der Waals surface area contributed by atoms with Gasteiger partial charge in [-0.2, -0.15) is 4.99 Å². The first kappa shape index (κ1) is 19.8. The van der Waals surface area contributed by atoms with Crippen molar-refractivity contribution in [1.82, 2.24) is 4.57 Å². The quantitative estimate of drug-likeness (QED) is 0.460. The normalized spacial score (nSPS) is 11.9. The number of fused-ring (bicyclic) bond motifs is 2. The fourth-order valence-corrected chi connectivity index (χ4v) is 4.07. The second-order valence-corrected chi connectivity index (χ2v) is 7.20. The highest BCUT2D eigenvalue weighted by Crippen LogP contribution is 2.29. The molecule has 1 amide bonds. The molecule has 7 nitrogen and oxygen atoms in total. The van der Waals surface area contributed by atoms with E-state index in [1.807, 2.05) is 0 Å². The molecule has 4 rings (SSSR count). The fourth-order valence-electron chi connectivity index (χ4n) is 3.00. The molecule has 30 heavy (non-hydrogen) atoms. The van der Waals surface area contributed by atoms with Crippen LogP contribution >= 0.6 is 11.3 Å². The van der Waals surface area contributed by atoms with Gasteiger partial charge in [0.05, 0.1) is 24.4 Å². The van der Waals surface area contributed by atoms with E-state index in [1.165, 1.54) is 24.9 Å². The molecule has 2 heterocycles. The van der Waals surface area contributed by atoms with E-state index < -0.39 is 30.1 Å². The second kappa shape index (κ2) is 7.71. The number of hydrogen-bond acceptors (Lipinski definition) is 6. The maximum Gasteiger partial charge on any atom is 0.325 e. The number of carbonyl (C=O) groups is 2. The molecule has 10 heteroatoms. The Kier molecular flexibility index (Phi) is 5.08. The highest BCUT2D eigenvalue weighted by atomic mass is 32.1. The van der Waals surface area contributed by atoms with Crippen LogP contribution in [0.4, 0.5) is 8.78 Å². The summed E-state index contributed by atoms with van der Waals surface area (Å²) in [4.78, 5) is 28.5. The fraction of sp³-hybridized carbons (Fsp3) is 0.150. The van der Waals surface area contributed by atoms with Gasteiger partial charge < -0.3 is 18.5 Å². The number of hydrogen-bond donors (Lipinski definition) is 0. The molecule has 0 saturated heterocycles. The van der Waals surface area contributed by atoms with Gasteiger partial charge in [0.2, 0.25) is 0 Å². The summed E-state index contributed by atoms with van der Waals surface area (Å²) < 4.78 is 44.8. The largest absolute Gasteiger partial charge is 0.493 e. The molecule has 4 aromatic rings. The van der Waals surface area contributed by atoms with E-state index >= 15 is 0 Å². The molecule has 154 valence electrons. The summed E-state index contributed by atoms with van der Waals surface area (Å²) in [5.74, 6) is -2.71. The summed E-state index contributed by atoms with van der Waals surface area (Å²) in [5, 5.41) is 0.639. The summed E-state index contributed by atoms with van der Waals surface area (Å²) in [6.07, 6.45) is 0. The van der Waals surface area contributed by atoms with Gasteiger partial charge in [0.15, 0.2) is 27.7 Å². The smallest absolute Gasteiger partial charge is 0.325 e. The van der Waals surface area contributed by atoms with Crippen LogP contribution in [0.2, 0.25) is 0 Å². The Morgan fingerprint density at radius 2 is 2.00 bits per heavy atom. The van der Waals surface area contributed by atoms with Crippen LogP contribution in [0.25, 0.3) is 21.2 Å². The zero-order valence-corrected chi connectivity index (χ0v) is 16.6. The zero-order chi connectivity index (χ0) is 21.4. The number of esters is 1. The number of furan rings is 1. The van der Waals surface area contributed by atoms with Gasteiger partial charge in [0, 0.05) is 11.5 Å². The zero-order valence-electron chi connectivity index (χ0n) is 15.8. The van der Waals surface area contributed by atoms with Gasteiger partial charge in [0.1, 0.15) is 12.4 Å². The molecule has 2 aromatic carbocycles. The van der Waals surface area contributed by atoms with Crippen LogP contribution in [0.1, 0.15) is 10.6 Å². The van der Waals surface area contributed by atoms with Crippen molar-refractivity contribution in [3.05, 3.63) is 58.6 Å². The molecular weight excluding hydrogens is 418 g/mol.